The molecule has 0 unspecified atom stereocenters. The summed E-state index contributed by atoms with van der Waals surface area (Å²) in [5.41, 5.74) is 8.44. The van der Waals surface area contributed by atoms with Gasteiger partial charge in [-0.1, -0.05) is 25.1 Å². The standard InChI is InChI=1S/C18H21N3O2/c1-11-9-15(11)17(22)19-20-18(23)16-10-12(2)21(13(16)3)14-7-5-4-6-8-14/h4-8,10-11,15H,9H2,1-3H3,(H,19,22)(H,20,23)/t11-,15+/m1/s1. The summed E-state index contributed by atoms with van der Waals surface area (Å²) >= 11 is 0. The molecule has 3 rings (SSSR count). The zero-order valence-corrected chi connectivity index (χ0v) is 13.6. The van der Waals surface area contributed by atoms with E-state index in [0.717, 1.165) is 23.5 Å². The fourth-order valence-electron chi connectivity index (χ4n) is 2.93. The van der Waals surface area contributed by atoms with E-state index in [9.17, 15) is 9.59 Å². The van der Waals surface area contributed by atoms with E-state index in [1.807, 2.05) is 61.7 Å². The smallest absolute Gasteiger partial charge is 0.271 e. The van der Waals surface area contributed by atoms with E-state index in [1.54, 1.807) is 0 Å². The lowest BCUT2D eigenvalue weighted by atomic mass is 10.2. The minimum Gasteiger partial charge on any atom is -0.318 e. The van der Waals surface area contributed by atoms with Gasteiger partial charge in [0.05, 0.1) is 5.56 Å². The molecule has 2 atom stereocenters. The van der Waals surface area contributed by atoms with Gasteiger partial charge in [-0.2, -0.15) is 0 Å². The normalized spacial score (nSPS) is 19.3. The number of para-hydroxylation sites is 1. The Morgan fingerprint density at radius 3 is 2.39 bits per heavy atom. The Morgan fingerprint density at radius 1 is 1.13 bits per heavy atom. The molecule has 2 aromatic rings. The molecule has 2 N–H and O–H groups in total. The van der Waals surface area contributed by atoms with Crippen LogP contribution in [0.2, 0.25) is 0 Å². The lowest BCUT2D eigenvalue weighted by Crippen LogP contribution is -2.42. The van der Waals surface area contributed by atoms with Crippen molar-refractivity contribution in [2.75, 3.05) is 0 Å². The SMILES string of the molecule is Cc1cc(C(=O)NNC(=O)[C@H]2C[C@H]2C)c(C)n1-c1ccccc1. The highest BCUT2D eigenvalue weighted by Crippen LogP contribution is 2.37. The summed E-state index contributed by atoms with van der Waals surface area (Å²) in [4.78, 5) is 24.2. The van der Waals surface area contributed by atoms with Crippen LogP contribution in [-0.2, 0) is 4.79 Å². The highest BCUT2D eigenvalue weighted by molar-refractivity contribution is 5.97. The zero-order valence-electron chi connectivity index (χ0n) is 13.6. The molecule has 5 nitrogen and oxygen atoms in total. The van der Waals surface area contributed by atoms with Crippen molar-refractivity contribution >= 4 is 11.8 Å². The summed E-state index contributed by atoms with van der Waals surface area (Å²) in [5.74, 6) is 0.0479. The maximum Gasteiger partial charge on any atom is 0.271 e. The molecule has 1 aliphatic carbocycles. The predicted molar refractivity (Wildman–Crippen MR) is 88.1 cm³/mol. The van der Waals surface area contributed by atoms with E-state index < -0.39 is 0 Å². The summed E-state index contributed by atoms with van der Waals surface area (Å²) in [7, 11) is 0. The van der Waals surface area contributed by atoms with Gasteiger partial charge >= 0.3 is 0 Å². The van der Waals surface area contributed by atoms with Crippen LogP contribution in [0.1, 0.15) is 35.1 Å². The number of aromatic nitrogens is 1. The first-order chi connectivity index (χ1) is 11.0. The van der Waals surface area contributed by atoms with E-state index in [4.69, 9.17) is 0 Å². The van der Waals surface area contributed by atoms with E-state index in [2.05, 4.69) is 10.9 Å². The summed E-state index contributed by atoms with van der Waals surface area (Å²) in [6, 6.07) is 11.7. The minimum atomic E-state index is -0.290. The lowest BCUT2D eigenvalue weighted by molar-refractivity contribution is -0.123. The molecule has 1 aliphatic rings. The quantitative estimate of drug-likeness (QED) is 0.856. The fourth-order valence-corrected chi connectivity index (χ4v) is 2.93. The molecule has 23 heavy (non-hydrogen) atoms. The van der Waals surface area contributed by atoms with Gasteiger partial charge in [-0.3, -0.25) is 20.4 Å². The summed E-state index contributed by atoms with van der Waals surface area (Å²) in [6.45, 7) is 5.89. The van der Waals surface area contributed by atoms with Crippen LogP contribution in [0.15, 0.2) is 36.4 Å². The first-order valence-corrected chi connectivity index (χ1v) is 7.83. The van der Waals surface area contributed by atoms with Crippen LogP contribution < -0.4 is 10.9 Å². The fraction of sp³-hybridized carbons (Fsp3) is 0.333. The number of hydrogen-bond donors (Lipinski definition) is 2. The molecule has 5 heteroatoms. The van der Waals surface area contributed by atoms with Crippen molar-refractivity contribution in [3.8, 4) is 5.69 Å². The highest BCUT2D eigenvalue weighted by atomic mass is 16.2. The van der Waals surface area contributed by atoms with Crippen LogP contribution in [0.5, 0.6) is 0 Å². The van der Waals surface area contributed by atoms with Crippen LogP contribution in [0.4, 0.5) is 0 Å². The van der Waals surface area contributed by atoms with Crippen molar-refractivity contribution < 1.29 is 9.59 Å². The Balaban J connectivity index is 1.75. The minimum absolute atomic E-state index is 0.0343. The summed E-state index contributed by atoms with van der Waals surface area (Å²) in [5, 5.41) is 0. The average Bonchev–Trinajstić information content (AvgIpc) is 3.20. The van der Waals surface area contributed by atoms with Crippen LogP contribution >= 0.6 is 0 Å². The van der Waals surface area contributed by atoms with E-state index in [0.29, 0.717) is 11.5 Å². The number of amides is 2. The third kappa shape index (κ3) is 2.99. The number of aryl methyl sites for hydroxylation is 1. The second kappa shape index (κ2) is 5.91. The molecule has 1 aromatic carbocycles. The van der Waals surface area contributed by atoms with Gasteiger partial charge in [-0.05, 0) is 44.4 Å². The molecule has 0 spiro atoms. The third-order valence-corrected chi connectivity index (χ3v) is 4.44. The van der Waals surface area contributed by atoms with Gasteiger partial charge in [0.1, 0.15) is 0 Å². The maximum absolute atomic E-state index is 12.4. The monoisotopic (exact) mass is 311 g/mol. The second-order valence-electron chi connectivity index (χ2n) is 6.22. The van der Waals surface area contributed by atoms with E-state index in [1.165, 1.54) is 0 Å². The van der Waals surface area contributed by atoms with Gasteiger partial charge in [0.25, 0.3) is 5.91 Å². The molecule has 1 saturated carbocycles. The first-order valence-electron chi connectivity index (χ1n) is 7.83. The van der Waals surface area contributed by atoms with Crippen LogP contribution in [0, 0.1) is 25.7 Å². The largest absolute Gasteiger partial charge is 0.318 e. The highest BCUT2D eigenvalue weighted by Gasteiger charge is 2.39. The molecule has 2 amide bonds. The van der Waals surface area contributed by atoms with Crippen LogP contribution in [0.3, 0.4) is 0 Å². The number of hydrogen-bond acceptors (Lipinski definition) is 2. The molecular weight excluding hydrogens is 290 g/mol. The molecule has 1 aromatic heterocycles. The molecule has 0 saturated heterocycles. The number of nitrogens with zero attached hydrogens (tertiary/aromatic N) is 1. The molecule has 0 bridgehead atoms. The maximum atomic E-state index is 12.4. The van der Waals surface area contributed by atoms with Gasteiger partial charge in [0, 0.05) is 23.0 Å². The van der Waals surface area contributed by atoms with Crippen molar-refractivity contribution in [2.24, 2.45) is 11.8 Å². The predicted octanol–water partition coefficient (Wildman–Crippen LogP) is 2.51. The van der Waals surface area contributed by atoms with Crippen molar-refractivity contribution in [3.63, 3.8) is 0 Å². The van der Waals surface area contributed by atoms with Gasteiger partial charge in [-0.25, -0.2) is 0 Å². The van der Waals surface area contributed by atoms with Gasteiger partial charge in [0.15, 0.2) is 0 Å². The zero-order chi connectivity index (χ0) is 16.6. The van der Waals surface area contributed by atoms with Gasteiger partial charge in [0.2, 0.25) is 5.91 Å². The van der Waals surface area contributed by atoms with Gasteiger partial charge in [-0.15, -0.1) is 0 Å². The van der Waals surface area contributed by atoms with Crippen molar-refractivity contribution in [3.05, 3.63) is 53.3 Å². The average molecular weight is 311 g/mol. The van der Waals surface area contributed by atoms with E-state index in [-0.39, 0.29) is 17.7 Å². The Kier molecular flexibility index (Phi) is 3.94. The van der Waals surface area contributed by atoms with Crippen molar-refractivity contribution in [1.82, 2.24) is 15.4 Å². The Labute approximate surface area is 135 Å². The molecule has 120 valence electrons. The molecule has 1 heterocycles. The van der Waals surface area contributed by atoms with Gasteiger partial charge < -0.3 is 4.57 Å². The second-order valence-corrected chi connectivity index (χ2v) is 6.22. The number of carbonyl (C=O) groups is 2. The van der Waals surface area contributed by atoms with Crippen molar-refractivity contribution in [1.29, 1.82) is 0 Å². The number of nitrogens with one attached hydrogen (secondary N) is 2. The molecule has 0 radical (unpaired) electrons. The summed E-state index contributed by atoms with van der Waals surface area (Å²) in [6.07, 6.45) is 0.893. The molecule has 0 aliphatic heterocycles. The third-order valence-electron chi connectivity index (χ3n) is 4.44. The summed E-state index contributed by atoms with van der Waals surface area (Å²) < 4.78 is 2.03. The Bertz CT molecular complexity index is 749. The molecule has 1 fully saturated rings. The Hall–Kier alpha value is -2.56. The topological polar surface area (TPSA) is 63.1 Å². The first kappa shape index (κ1) is 15.3. The van der Waals surface area contributed by atoms with Crippen LogP contribution in [0.25, 0.3) is 5.69 Å². The van der Waals surface area contributed by atoms with Crippen LogP contribution in [-0.4, -0.2) is 16.4 Å². The number of rotatable bonds is 3. The molecular formula is C18H21N3O2. The number of benzene rings is 1. The van der Waals surface area contributed by atoms with E-state index >= 15 is 0 Å². The van der Waals surface area contributed by atoms with Crippen molar-refractivity contribution in [2.45, 2.75) is 27.2 Å². The Morgan fingerprint density at radius 2 is 1.78 bits per heavy atom. The lowest BCUT2D eigenvalue weighted by Gasteiger charge is -2.10. The number of hydrazine groups is 1. The number of carbonyl (C=O) groups excluding carboxylic acids is 2.